The second-order valence-corrected chi connectivity index (χ2v) is 10.7. The lowest BCUT2D eigenvalue weighted by Gasteiger charge is -2.35. The molecule has 2 aromatic carbocycles. The molecule has 34 heavy (non-hydrogen) atoms. The molecule has 178 valence electrons. The van der Waals surface area contributed by atoms with Crippen molar-refractivity contribution in [2.75, 3.05) is 25.6 Å². The van der Waals surface area contributed by atoms with Gasteiger partial charge >= 0.3 is 5.97 Å². The minimum atomic E-state index is -3.78. The fourth-order valence-electron chi connectivity index (χ4n) is 3.91. The van der Waals surface area contributed by atoms with Gasteiger partial charge in [0.15, 0.2) is 6.61 Å². The molecule has 0 bridgehead atoms. The van der Waals surface area contributed by atoms with Gasteiger partial charge in [-0.2, -0.15) is 4.31 Å². The molecule has 2 heterocycles. The topological polar surface area (TPSA) is 102 Å². The molecule has 0 radical (unpaired) electrons. The molecule has 0 spiro atoms. The summed E-state index contributed by atoms with van der Waals surface area (Å²) in [6.07, 6.45) is 0.351. The number of benzene rings is 2. The Morgan fingerprint density at radius 3 is 2.71 bits per heavy atom. The van der Waals surface area contributed by atoms with Gasteiger partial charge in [0, 0.05) is 18.3 Å². The van der Waals surface area contributed by atoms with Crippen molar-refractivity contribution in [1.82, 2.24) is 4.31 Å². The van der Waals surface area contributed by atoms with Gasteiger partial charge in [-0.15, -0.1) is 11.3 Å². The Morgan fingerprint density at radius 2 is 1.94 bits per heavy atom. The van der Waals surface area contributed by atoms with Gasteiger partial charge < -0.3 is 14.8 Å². The lowest BCUT2D eigenvalue weighted by atomic mass is 9.92. The predicted molar refractivity (Wildman–Crippen MR) is 128 cm³/mol. The number of hydrogen-bond donors (Lipinski definition) is 1. The van der Waals surface area contributed by atoms with Gasteiger partial charge in [-0.3, -0.25) is 9.59 Å². The predicted octanol–water partition coefficient (Wildman–Crippen LogP) is 3.62. The van der Waals surface area contributed by atoms with Gasteiger partial charge in [-0.1, -0.05) is 36.4 Å². The van der Waals surface area contributed by atoms with Crippen LogP contribution in [0.4, 0.5) is 5.69 Å². The number of ether oxygens (including phenoxy) is 2. The first-order chi connectivity index (χ1) is 16.4. The van der Waals surface area contributed by atoms with Crippen molar-refractivity contribution < 1.29 is 27.5 Å². The molecule has 10 heteroatoms. The Labute approximate surface area is 202 Å². The Balaban J connectivity index is 1.46. The first-order valence-electron chi connectivity index (χ1n) is 10.6. The quantitative estimate of drug-likeness (QED) is 0.474. The summed E-state index contributed by atoms with van der Waals surface area (Å²) in [7, 11) is -2.26. The monoisotopic (exact) mass is 500 g/mol. The van der Waals surface area contributed by atoms with E-state index in [2.05, 4.69) is 5.32 Å². The number of amides is 1. The number of sulfonamides is 1. The van der Waals surface area contributed by atoms with Crippen molar-refractivity contribution in [2.45, 2.75) is 23.1 Å². The summed E-state index contributed by atoms with van der Waals surface area (Å²) in [6, 6.07) is 16.8. The van der Waals surface area contributed by atoms with Gasteiger partial charge in [0.2, 0.25) is 0 Å². The second-order valence-electron chi connectivity index (χ2n) is 7.66. The molecule has 1 amide bonds. The molecule has 0 saturated carbocycles. The molecule has 0 saturated heterocycles. The summed E-state index contributed by atoms with van der Waals surface area (Å²) in [4.78, 5) is 24.9. The first-order valence-corrected chi connectivity index (χ1v) is 12.9. The molecule has 0 aliphatic carbocycles. The van der Waals surface area contributed by atoms with Crippen molar-refractivity contribution in [2.24, 2.45) is 0 Å². The van der Waals surface area contributed by atoms with Crippen LogP contribution in [0.1, 0.15) is 23.6 Å². The Bertz CT molecular complexity index is 1270. The number of hydrogen-bond acceptors (Lipinski definition) is 7. The number of nitrogens with zero attached hydrogens (tertiary/aromatic N) is 1. The molecule has 1 atom stereocenters. The largest absolute Gasteiger partial charge is 0.497 e. The summed E-state index contributed by atoms with van der Waals surface area (Å²) < 4.78 is 38.5. The van der Waals surface area contributed by atoms with Crippen LogP contribution in [0.15, 0.2) is 70.3 Å². The third kappa shape index (κ3) is 5.30. The van der Waals surface area contributed by atoms with Crippen molar-refractivity contribution in [3.63, 3.8) is 0 Å². The average Bonchev–Trinajstić information content (AvgIpc) is 3.39. The molecule has 3 aromatic rings. The van der Waals surface area contributed by atoms with Gasteiger partial charge in [0.1, 0.15) is 9.96 Å². The van der Waals surface area contributed by atoms with Crippen LogP contribution in [-0.2, 0) is 30.8 Å². The number of methoxy groups -OCH3 is 1. The molecule has 0 unspecified atom stereocenters. The van der Waals surface area contributed by atoms with Gasteiger partial charge in [0.05, 0.1) is 19.6 Å². The van der Waals surface area contributed by atoms with Crippen LogP contribution in [0.2, 0.25) is 0 Å². The minimum Gasteiger partial charge on any atom is -0.497 e. The van der Waals surface area contributed by atoms with E-state index < -0.39 is 34.5 Å². The lowest BCUT2D eigenvalue weighted by Crippen LogP contribution is -2.41. The molecule has 8 nitrogen and oxygen atoms in total. The first kappa shape index (κ1) is 23.9. The smallest absolute Gasteiger partial charge is 0.308 e. The van der Waals surface area contributed by atoms with Crippen LogP contribution in [0.5, 0.6) is 5.75 Å². The lowest BCUT2D eigenvalue weighted by molar-refractivity contribution is -0.148. The van der Waals surface area contributed by atoms with Gasteiger partial charge in [-0.05, 0) is 41.1 Å². The van der Waals surface area contributed by atoms with E-state index >= 15 is 0 Å². The van der Waals surface area contributed by atoms with E-state index in [1.807, 2.05) is 24.3 Å². The SMILES string of the molecule is COc1cccc(NC(=O)COC(=O)C[C@@H]2c3ccccc3CCN2S(=O)(=O)c2cccs2)c1. The average molecular weight is 501 g/mol. The van der Waals surface area contributed by atoms with Crippen LogP contribution in [0, 0.1) is 0 Å². The Morgan fingerprint density at radius 1 is 1.12 bits per heavy atom. The fourth-order valence-corrected chi connectivity index (χ4v) is 6.64. The zero-order valence-corrected chi connectivity index (χ0v) is 20.1. The highest BCUT2D eigenvalue weighted by molar-refractivity contribution is 7.91. The van der Waals surface area contributed by atoms with E-state index in [1.54, 1.807) is 41.8 Å². The van der Waals surface area contributed by atoms with E-state index in [4.69, 9.17) is 9.47 Å². The van der Waals surface area contributed by atoms with Crippen LogP contribution >= 0.6 is 11.3 Å². The molecule has 1 aliphatic rings. The number of esters is 1. The fraction of sp³-hybridized carbons (Fsp3) is 0.250. The number of anilines is 1. The standard InChI is InChI=1S/C24H24N2O6S2/c1-31-19-8-4-7-18(14-19)25-22(27)16-32-23(28)15-21-20-9-3-2-6-17(20)11-12-26(21)34(29,30)24-10-5-13-33-24/h2-10,13-14,21H,11-12,15-16H2,1H3,(H,25,27)/t21-/m1/s1. The van der Waals surface area contributed by atoms with E-state index in [-0.39, 0.29) is 17.2 Å². The third-order valence-electron chi connectivity index (χ3n) is 5.50. The molecule has 1 aromatic heterocycles. The van der Waals surface area contributed by atoms with E-state index in [0.29, 0.717) is 17.9 Å². The number of fused-ring (bicyclic) bond motifs is 1. The number of rotatable bonds is 8. The second kappa shape index (κ2) is 10.4. The highest BCUT2D eigenvalue weighted by atomic mass is 32.2. The van der Waals surface area contributed by atoms with Gasteiger partial charge in [-0.25, -0.2) is 8.42 Å². The summed E-state index contributed by atoms with van der Waals surface area (Å²) in [6.45, 7) is -0.229. The number of nitrogens with one attached hydrogen (secondary N) is 1. The van der Waals surface area contributed by atoms with Crippen LogP contribution in [-0.4, -0.2) is 44.9 Å². The van der Waals surface area contributed by atoms with Crippen LogP contribution < -0.4 is 10.1 Å². The maximum atomic E-state index is 13.3. The molecule has 4 rings (SSSR count). The number of thiophene rings is 1. The zero-order chi connectivity index (χ0) is 24.1. The number of carbonyl (C=O) groups is 2. The number of carbonyl (C=O) groups excluding carboxylic acids is 2. The van der Waals surface area contributed by atoms with Crippen molar-refractivity contribution in [3.05, 3.63) is 77.2 Å². The Kier molecular flexibility index (Phi) is 7.30. The maximum Gasteiger partial charge on any atom is 0.308 e. The molecular weight excluding hydrogens is 476 g/mol. The van der Waals surface area contributed by atoms with E-state index in [1.165, 1.54) is 11.4 Å². The third-order valence-corrected chi connectivity index (χ3v) is 8.78. The summed E-state index contributed by atoms with van der Waals surface area (Å²) >= 11 is 1.14. The normalized spacial score (nSPS) is 15.9. The Hall–Kier alpha value is -3.21. The summed E-state index contributed by atoms with van der Waals surface area (Å²) in [5.74, 6) is -0.583. The molecule has 1 aliphatic heterocycles. The van der Waals surface area contributed by atoms with Crippen molar-refractivity contribution >= 4 is 38.9 Å². The van der Waals surface area contributed by atoms with E-state index in [0.717, 1.165) is 22.5 Å². The molecular formula is C24H24N2O6S2. The highest BCUT2D eigenvalue weighted by Crippen LogP contribution is 2.37. The van der Waals surface area contributed by atoms with Gasteiger partial charge in [0.25, 0.3) is 15.9 Å². The molecule has 0 fully saturated rings. The van der Waals surface area contributed by atoms with Crippen molar-refractivity contribution in [3.8, 4) is 5.75 Å². The van der Waals surface area contributed by atoms with Crippen LogP contribution in [0.3, 0.4) is 0 Å². The van der Waals surface area contributed by atoms with E-state index in [9.17, 15) is 18.0 Å². The zero-order valence-electron chi connectivity index (χ0n) is 18.5. The van der Waals surface area contributed by atoms with Crippen molar-refractivity contribution in [1.29, 1.82) is 0 Å². The summed E-state index contributed by atoms with van der Waals surface area (Å²) in [5, 5.41) is 4.35. The highest BCUT2D eigenvalue weighted by Gasteiger charge is 2.38. The minimum absolute atomic E-state index is 0.200. The summed E-state index contributed by atoms with van der Waals surface area (Å²) in [5.41, 5.74) is 2.27. The van der Waals surface area contributed by atoms with Crippen LogP contribution in [0.25, 0.3) is 0 Å². The maximum absolute atomic E-state index is 13.3. The molecule has 1 N–H and O–H groups in total.